The lowest BCUT2D eigenvalue weighted by molar-refractivity contribution is 0.502. The lowest BCUT2D eigenvalue weighted by Gasteiger charge is -2.19. The van der Waals surface area contributed by atoms with Crippen LogP contribution in [-0.4, -0.2) is 25.2 Å². The van der Waals surface area contributed by atoms with Crippen molar-refractivity contribution in [3.63, 3.8) is 0 Å². The van der Waals surface area contributed by atoms with Gasteiger partial charge in [-0.2, -0.15) is 0 Å². The smallest absolute Gasteiger partial charge is 0.247 e. The van der Waals surface area contributed by atoms with Crippen molar-refractivity contribution in [2.75, 3.05) is 6.54 Å². The molecule has 0 spiro atoms. The molecule has 0 aliphatic heterocycles. The Morgan fingerprint density at radius 3 is 2.26 bits per heavy atom. The molecule has 142 valence electrons. The summed E-state index contributed by atoms with van der Waals surface area (Å²) in [5.74, 6) is 0.811. The first kappa shape index (κ1) is 19.3. The Hall–Kier alpha value is -2.51. The third-order valence-electron chi connectivity index (χ3n) is 4.15. The molecule has 0 fully saturated rings. The first-order valence-corrected chi connectivity index (χ1v) is 10.2. The van der Waals surface area contributed by atoms with E-state index in [0.717, 1.165) is 11.1 Å². The van der Waals surface area contributed by atoms with Crippen LogP contribution in [0.25, 0.3) is 11.5 Å². The minimum Gasteiger partial charge on any atom is -0.421 e. The van der Waals surface area contributed by atoms with E-state index in [1.54, 1.807) is 12.1 Å². The van der Waals surface area contributed by atoms with Crippen LogP contribution in [0.3, 0.4) is 0 Å². The fraction of sp³-hybridized carbons (Fsp3) is 0.300. The summed E-state index contributed by atoms with van der Waals surface area (Å²) in [5, 5.41) is 7.97. The van der Waals surface area contributed by atoms with Gasteiger partial charge in [-0.25, -0.2) is 13.1 Å². The summed E-state index contributed by atoms with van der Waals surface area (Å²) in [5.41, 5.74) is 1.89. The van der Waals surface area contributed by atoms with Gasteiger partial charge in [0.2, 0.25) is 21.8 Å². The van der Waals surface area contributed by atoms with Crippen molar-refractivity contribution in [1.29, 1.82) is 0 Å². The summed E-state index contributed by atoms with van der Waals surface area (Å²) < 4.78 is 33.0. The number of nitrogens with zero attached hydrogens (tertiary/aromatic N) is 2. The molecular weight excluding hydrogens is 362 g/mol. The lowest BCUT2D eigenvalue weighted by Crippen LogP contribution is -2.26. The molecule has 3 rings (SSSR count). The standard InChI is InChI=1S/C20H23N3O3S/c1-20(2,3)16-9-11-17(12-10-16)27(24,25)21-14-13-18-22-23-19(26-18)15-7-5-4-6-8-15/h4-12,21H,13-14H2,1-3H3. The van der Waals surface area contributed by atoms with Gasteiger partial charge < -0.3 is 4.42 Å². The van der Waals surface area contributed by atoms with E-state index in [4.69, 9.17) is 4.42 Å². The van der Waals surface area contributed by atoms with E-state index >= 15 is 0 Å². The molecule has 1 N–H and O–H groups in total. The first-order chi connectivity index (χ1) is 12.8. The van der Waals surface area contributed by atoms with Gasteiger partial charge in [0.05, 0.1) is 4.90 Å². The minimum absolute atomic E-state index is 0.0237. The molecule has 2 aromatic carbocycles. The zero-order valence-electron chi connectivity index (χ0n) is 15.6. The van der Waals surface area contributed by atoms with Crippen molar-refractivity contribution in [2.24, 2.45) is 0 Å². The quantitative estimate of drug-likeness (QED) is 0.701. The average Bonchev–Trinajstić information content (AvgIpc) is 3.11. The molecule has 1 aromatic heterocycles. The van der Waals surface area contributed by atoms with Crippen LogP contribution < -0.4 is 4.72 Å². The lowest BCUT2D eigenvalue weighted by atomic mass is 9.87. The molecule has 6 nitrogen and oxygen atoms in total. The minimum atomic E-state index is -3.58. The highest BCUT2D eigenvalue weighted by Gasteiger charge is 2.18. The Kier molecular flexibility index (Phi) is 5.43. The molecular formula is C20H23N3O3S. The van der Waals surface area contributed by atoms with Crippen molar-refractivity contribution in [1.82, 2.24) is 14.9 Å². The number of benzene rings is 2. The van der Waals surface area contributed by atoms with Gasteiger partial charge in [-0.3, -0.25) is 0 Å². The number of sulfonamides is 1. The molecule has 27 heavy (non-hydrogen) atoms. The van der Waals surface area contributed by atoms with Gasteiger partial charge in [0, 0.05) is 18.5 Å². The Bertz CT molecular complexity index is 989. The van der Waals surface area contributed by atoms with E-state index in [-0.39, 0.29) is 16.9 Å². The maximum Gasteiger partial charge on any atom is 0.247 e. The van der Waals surface area contributed by atoms with Crippen LogP contribution in [0.1, 0.15) is 32.2 Å². The van der Waals surface area contributed by atoms with E-state index in [2.05, 4.69) is 35.7 Å². The van der Waals surface area contributed by atoms with Crippen LogP contribution >= 0.6 is 0 Å². The van der Waals surface area contributed by atoms with Crippen LogP contribution in [0.15, 0.2) is 63.9 Å². The Morgan fingerprint density at radius 1 is 0.963 bits per heavy atom. The molecule has 0 radical (unpaired) electrons. The predicted octanol–water partition coefficient (Wildman–Crippen LogP) is 3.56. The average molecular weight is 385 g/mol. The largest absolute Gasteiger partial charge is 0.421 e. The second kappa shape index (κ2) is 7.62. The van der Waals surface area contributed by atoms with Gasteiger partial charge in [0.25, 0.3) is 0 Å². The normalized spacial score (nSPS) is 12.3. The molecule has 3 aromatic rings. The van der Waals surface area contributed by atoms with Crippen molar-refractivity contribution in [3.05, 3.63) is 66.1 Å². The van der Waals surface area contributed by atoms with Crippen LogP contribution in [-0.2, 0) is 21.9 Å². The summed E-state index contributed by atoms with van der Waals surface area (Å²) in [6, 6.07) is 16.4. The Balaban J connectivity index is 1.60. The Labute approximate surface area is 159 Å². The van der Waals surface area contributed by atoms with Crippen molar-refractivity contribution in [3.8, 4) is 11.5 Å². The highest BCUT2D eigenvalue weighted by atomic mass is 32.2. The van der Waals surface area contributed by atoms with Gasteiger partial charge in [-0.15, -0.1) is 10.2 Å². The van der Waals surface area contributed by atoms with Crippen LogP contribution in [0, 0.1) is 0 Å². The molecule has 0 aliphatic carbocycles. The highest BCUT2D eigenvalue weighted by Crippen LogP contribution is 2.23. The van der Waals surface area contributed by atoms with Gasteiger partial charge >= 0.3 is 0 Å². The second-order valence-corrected chi connectivity index (χ2v) is 9.06. The third-order valence-corrected chi connectivity index (χ3v) is 5.63. The molecule has 0 unspecified atom stereocenters. The van der Waals surface area contributed by atoms with Gasteiger partial charge in [-0.1, -0.05) is 51.1 Å². The number of hydrogen-bond acceptors (Lipinski definition) is 5. The van der Waals surface area contributed by atoms with Crippen molar-refractivity contribution in [2.45, 2.75) is 37.5 Å². The number of hydrogen-bond donors (Lipinski definition) is 1. The number of nitrogens with one attached hydrogen (secondary N) is 1. The van der Waals surface area contributed by atoms with Crippen molar-refractivity contribution >= 4 is 10.0 Å². The predicted molar refractivity (Wildman–Crippen MR) is 104 cm³/mol. The highest BCUT2D eigenvalue weighted by molar-refractivity contribution is 7.89. The maximum atomic E-state index is 12.4. The second-order valence-electron chi connectivity index (χ2n) is 7.29. The fourth-order valence-electron chi connectivity index (χ4n) is 2.56. The number of rotatable bonds is 6. The van der Waals surface area contributed by atoms with Gasteiger partial charge in [-0.05, 0) is 35.2 Å². The molecule has 0 amide bonds. The zero-order chi connectivity index (χ0) is 19.5. The van der Waals surface area contributed by atoms with E-state index in [1.165, 1.54) is 0 Å². The van der Waals surface area contributed by atoms with Crippen molar-refractivity contribution < 1.29 is 12.8 Å². The Morgan fingerprint density at radius 2 is 1.63 bits per heavy atom. The van der Waals surface area contributed by atoms with E-state index < -0.39 is 10.0 Å². The summed E-state index contributed by atoms with van der Waals surface area (Å²) in [6.07, 6.45) is 0.319. The van der Waals surface area contributed by atoms with Crippen LogP contribution in [0.5, 0.6) is 0 Å². The van der Waals surface area contributed by atoms with Gasteiger partial charge in [0.1, 0.15) is 0 Å². The molecule has 0 atom stereocenters. The molecule has 1 heterocycles. The van der Waals surface area contributed by atoms with E-state index in [1.807, 2.05) is 42.5 Å². The SMILES string of the molecule is CC(C)(C)c1ccc(S(=O)(=O)NCCc2nnc(-c3ccccc3)o2)cc1. The summed E-state index contributed by atoms with van der Waals surface area (Å²) in [6.45, 7) is 6.44. The third kappa shape index (κ3) is 4.81. The first-order valence-electron chi connectivity index (χ1n) is 8.74. The van der Waals surface area contributed by atoms with Gasteiger partial charge in [0.15, 0.2) is 0 Å². The molecule has 0 aliphatic rings. The molecule has 0 bridgehead atoms. The fourth-order valence-corrected chi connectivity index (χ4v) is 3.59. The van der Waals surface area contributed by atoms with Crippen LogP contribution in [0.4, 0.5) is 0 Å². The summed E-state index contributed by atoms with van der Waals surface area (Å²) >= 11 is 0. The number of aromatic nitrogens is 2. The summed E-state index contributed by atoms with van der Waals surface area (Å²) in [7, 11) is -3.58. The molecule has 7 heteroatoms. The maximum absolute atomic E-state index is 12.4. The molecule has 0 saturated carbocycles. The van der Waals surface area contributed by atoms with E-state index in [9.17, 15) is 8.42 Å². The topological polar surface area (TPSA) is 85.1 Å². The van der Waals surface area contributed by atoms with Crippen LogP contribution in [0.2, 0.25) is 0 Å². The zero-order valence-corrected chi connectivity index (χ0v) is 16.5. The molecule has 0 saturated heterocycles. The summed E-state index contributed by atoms with van der Waals surface area (Å²) in [4.78, 5) is 0.242. The monoisotopic (exact) mass is 385 g/mol. The van der Waals surface area contributed by atoms with E-state index in [0.29, 0.717) is 18.2 Å².